The Morgan fingerprint density at radius 3 is 3.00 bits per heavy atom. The van der Waals surface area contributed by atoms with Crippen molar-refractivity contribution in [1.29, 1.82) is 0 Å². The van der Waals surface area contributed by atoms with Crippen LogP contribution in [0.3, 0.4) is 0 Å². The molecule has 21 heavy (non-hydrogen) atoms. The van der Waals surface area contributed by atoms with Gasteiger partial charge in [-0.15, -0.1) is 0 Å². The van der Waals surface area contributed by atoms with Crippen molar-refractivity contribution < 1.29 is 18.7 Å². The van der Waals surface area contributed by atoms with Gasteiger partial charge in [0.05, 0.1) is 19.3 Å². The number of nitrogens with one attached hydrogen (secondary N) is 3. The second kappa shape index (κ2) is 7.14. The molecule has 2 amide bonds. The van der Waals surface area contributed by atoms with Gasteiger partial charge in [-0.2, -0.15) is 0 Å². The molecule has 114 valence electrons. The topological polar surface area (TPSA) is 79.5 Å². The van der Waals surface area contributed by atoms with Gasteiger partial charge in [0, 0.05) is 12.2 Å². The van der Waals surface area contributed by atoms with Crippen LogP contribution in [0, 0.1) is 5.82 Å². The van der Waals surface area contributed by atoms with Crippen LogP contribution in [0.5, 0.6) is 0 Å². The highest BCUT2D eigenvalue weighted by Crippen LogP contribution is 2.08. The van der Waals surface area contributed by atoms with Gasteiger partial charge in [0.25, 0.3) is 0 Å². The number of carbonyl (C=O) groups is 2. The van der Waals surface area contributed by atoms with Crippen molar-refractivity contribution in [3.05, 3.63) is 30.1 Å². The van der Waals surface area contributed by atoms with E-state index in [1.165, 1.54) is 18.2 Å². The van der Waals surface area contributed by atoms with Crippen LogP contribution in [0.4, 0.5) is 10.1 Å². The predicted molar refractivity (Wildman–Crippen MR) is 75.2 cm³/mol. The van der Waals surface area contributed by atoms with Gasteiger partial charge >= 0.3 is 0 Å². The number of anilines is 1. The Balaban J connectivity index is 1.79. The van der Waals surface area contributed by atoms with Crippen LogP contribution in [0.1, 0.15) is 6.92 Å². The van der Waals surface area contributed by atoms with Crippen molar-refractivity contribution in [3.63, 3.8) is 0 Å². The zero-order chi connectivity index (χ0) is 15.2. The number of carbonyl (C=O) groups excluding carboxylic acids is 2. The Bertz CT molecular complexity index is 524. The average Bonchev–Trinajstić information content (AvgIpc) is 2.45. The van der Waals surface area contributed by atoms with Gasteiger partial charge in [0.1, 0.15) is 11.9 Å². The minimum atomic E-state index is -0.472. The lowest BCUT2D eigenvalue weighted by Gasteiger charge is -2.29. The van der Waals surface area contributed by atoms with Crippen LogP contribution in [0.2, 0.25) is 0 Å². The first-order valence-corrected chi connectivity index (χ1v) is 6.74. The van der Waals surface area contributed by atoms with E-state index >= 15 is 0 Å². The molecule has 2 rings (SSSR count). The molecule has 1 aliphatic rings. The Hall–Kier alpha value is -1.99. The van der Waals surface area contributed by atoms with Crippen LogP contribution in [-0.2, 0) is 14.3 Å². The highest BCUT2D eigenvalue weighted by molar-refractivity contribution is 5.95. The van der Waals surface area contributed by atoms with Crippen molar-refractivity contribution in [1.82, 2.24) is 10.6 Å². The molecule has 0 spiro atoms. The first-order valence-electron chi connectivity index (χ1n) is 6.74. The molecule has 7 heteroatoms. The number of halogens is 1. The molecule has 2 atom stereocenters. The molecule has 0 saturated carbocycles. The maximum Gasteiger partial charge on any atom is 0.243 e. The number of rotatable bonds is 4. The molecule has 1 heterocycles. The molecule has 0 bridgehead atoms. The molecule has 6 nitrogen and oxygen atoms in total. The molecule has 1 saturated heterocycles. The summed E-state index contributed by atoms with van der Waals surface area (Å²) in [6.07, 6.45) is -0.245. The summed E-state index contributed by atoms with van der Waals surface area (Å²) in [6.45, 7) is 2.77. The molecule has 1 fully saturated rings. The fraction of sp³-hybridized carbons (Fsp3) is 0.429. The summed E-state index contributed by atoms with van der Waals surface area (Å²) < 4.78 is 18.3. The van der Waals surface area contributed by atoms with E-state index in [1.807, 2.05) is 0 Å². The standard InChI is InChI=1S/C14H18FN3O3/c1-9-13(16-5-6-21-9)14(20)17-8-12(19)18-11-4-2-3-10(15)7-11/h2-4,7,9,13,16H,5-6,8H2,1H3,(H,17,20)(H,18,19)/t9-,13+/m1/s1. The summed E-state index contributed by atoms with van der Waals surface area (Å²) in [5.41, 5.74) is 0.349. The molecule has 1 aromatic carbocycles. The van der Waals surface area contributed by atoms with Crippen molar-refractivity contribution in [3.8, 4) is 0 Å². The van der Waals surface area contributed by atoms with E-state index in [0.717, 1.165) is 0 Å². The number of benzene rings is 1. The SMILES string of the molecule is C[C@H]1OCCN[C@@H]1C(=O)NCC(=O)Nc1cccc(F)c1. The number of ether oxygens (including phenoxy) is 1. The first kappa shape index (κ1) is 15.4. The Morgan fingerprint density at radius 2 is 2.29 bits per heavy atom. The van der Waals surface area contributed by atoms with Crippen LogP contribution in [0.15, 0.2) is 24.3 Å². The molecule has 3 N–H and O–H groups in total. The van der Waals surface area contributed by atoms with Gasteiger partial charge in [-0.05, 0) is 25.1 Å². The molecule has 1 aliphatic heterocycles. The third-order valence-electron chi connectivity index (χ3n) is 3.13. The lowest BCUT2D eigenvalue weighted by Crippen LogP contribution is -2.56. The van der Waals surface area contributed by atoms with Crippen LogP contribution in [-0.4, -0.2) is 43.7 Å². The van der Waals surface area contributed by atoms with Crippen molar-refractivity contribution in [2.75, 3.05) is 25.0 Å². The number of hydrogen-bond acceptors (Lipinski definition) is 4. The van der Waals surface area contributed by atoms with E-state index < -0.39 is 17.8 Å². The summed E-state index contributed by atoms with van der Waals surface area (Å²) in [7, 11) is 0. The summed E-state index contributed by atoms with van der Waals surface area (Å²) in [4.78, 5) is 23.6. The van der Waals surface area contributed by atoms with E-state index in [0.29, 0.717) is 18.8 Å². The van der Waals surface area contributed by atoms with Crippen LogP contribution in [0.25, 0.3) is 0 Å². The van der Waals surface area contributed by atoms with E-state index in [-0.39, 0.29) is 18.6 Å². The highest BCUT2D eigenvalue weighted by atomic mass is 19.1. The predicted octanol–water partition coefficient (Wildman–Crippen LogP) is 0.257. The minimum Gasteiger partial charge on any atom is -0.375 e. The van der Waals surface area contributed by atoms with E-state index in [2.05, 4.69) is 16.0 Å². The fourth-order valence-electron chi connectivity index (χ4n) is 2.08. The first-order chi connectivity index (χ1) is 10.1. The summed E-state index contributed by atoms with van der Waals surface area (Å²) in [5.74, 6) is -1.15. The fourth-order valence-corrected chi connectivity index (χ4v) is 2.08. The van der Waals surface area contributed by atoms with Gasteiger partial charge in [-0.25, -0.2) is 4.39 Å². The molecule has 0 unspecified atom stereocenters. The largest absolute Gasteiger partial charge is 0.375 e. The molecular weight excluding hydrogens is 277 g/mol. The minimum absolute atomic E-state index is 0.180. The third-order valence-corrected chi connectivity index (χ3v) is 3.13. The quantitative estimate of drug-likeness (QED) is 0.744. The molecule has 0 radical (unpaired) electrons. The maximum absolute atomic E-state index is 13.0. The monoisotopic (exact) mass is 295 g/mol. The average molecular weight is 295 g/mol. The van der Waals surface area contributed by atoms with Crippen molar-refractivity contribution in [2.45, 2.75) is 19.1 Å². The van der Waals surface area contributed by atoms with Gasteiger partial charge in [0.15, 0.2) is 0 Å². The lowest BCUT2D eigenvalue weighted by atomic mass is 10.1. The lowest BCUT2D eigenvalue weighted by molar-refractivity contribution is -0.130. The van der Waals surface area contributed by atoms with E-state index in [1.54, 1.807) is 13.0 Å². The second-order valence-corrected chi connectivity index (χ2v) is 4.78. The van der Waals surface area contributed by atoms with Gasteiger partial charge in [0.2, 0.25) is 11.8 Å². The smallest absolute Gasteiger partial charge is 0.243 e. The molecule has 1 aromatic rings. The summed E-state index contributed by atoms with van der Waals surface area (Å²) in [6, 6.07) is 5.09. The molecular formula is C14H18FN3O3. The van der Waals surface area contributed by atoms with Crippen molar-refractivity contribution in [2.24, 2.45) is 0 Å². The number of morpholine rings is 1. The maximum atomic E-state index is 13.0. The zero-order valence-electron chi connectivity index (χ0n) is 11.7. The van der Waals surface area contributed by atoms with Crippen LogP contribution < -0.4 is 16.0 Å². The second-order valence-electron chi connectivity index (χ2n) is 4.78. The zero-order valence-corrected chi connectivity index (χ0v) is 11.7. The normalized spacial score (nSPS) is 21.6. The highest BCUT2D eigenvalue weighted by Gasteiger charge is 2.28. The van der Waals surface area contributed by atoms with Crippen LogP contribution >= 0.6 is 0 Å². The summed E-state index contributed by atoms with van der Waals surface area (Å²) >= 11 is 0. The number of hydrogen-bond donors (Lipinski definition) is 3. The summed E-state index contributed by atoms with van der Waals surface area (Å²) in [5, 5.41) is 8.07. The Kier molecular flexibility index (Phi) is 5.24. The van der Waals surface area contributed by atoms with E-state index in [9.17, 15) is 14.0 Å². The Labute approximate surface area is 122 Å². The van der Waals surface area contributed by atoms with Crippen molar-refractivity contribution >= 4 is 17.5 Å². The number of amides is 2. The Morgan fingerprint density at radius 1 is 1.48 bits per heavy atom. The van der Waals surface area contributed by atoms with Gasteiger partial charge < -0.3 is 20.7 Å². The molecule has 0 aliphatic carbocycles. The third kappa shape index (κ3) is 4.51. The van der Waals surface area contributed by atoms with Gasteiger partial charge in [-0.1, -0.05) is 6.07 Å². The van der Waals surface area contributed by atoms with Gasteiger partial charge in [-0.3, -0.25) is 9.59 Å². The molecule has 0 aromatic heterocycles. The van der Waals surface area contributed by atoms with E-state index in [4.69, 9.17) is 4.74 Å².